The maximum Gasteiger partial charge on any atom is 0.416 e. The average Bonchev–Trinajstić information content (AvgIpc) is 2.87. The Balaban J connectivity index is 1.52. The number of rotatable bonds is 12. The summed E-state index contributed by atoms with van der Waals surface area (Å²) >= 11 is 0. The SMILES string of the molecule is CC(C)[C@@H](COc1ccc(-c2ccc(C(F)(F)F)cc2)cn1)Nc1ccc(CNC[C@@H](O)C(=O)O)cc1. The average molecular weight is 518 g/mol. The molecule has 0 fully saturated rings. The molecule has 10 heteroatoms. The zero-order valence-corrected chi connectivity index (χ0v) is 20.5. The molecule has 1 aromatic heterocycles. The summed E-state index contributed by atoms with van der Waals surface area (Å²) < 4.78 is 44.2. The van der Waals surface area contributed by atoms with Crippen LogP contribution in [0.4, 0.5) is 18.9 Å². The van der Waals surface area contributed by atoms with Crippen molar-refractivity contribution in [3.8, 4) is 17.0 Å². The highest BCUT2D eigenvalue weighted by Gasteiger charge is 2.30. The lowest BCUT2D eigenvalue weighted by Crippen LogP contribution is -2.33. The molecule has 0 spiro atoms. The van der Waals surface area contributed by atoms with Crippen molar-refractivity contribution in [1.29, 1.82) is 0 Å². The van der Waals surface area contributed by atoms with Gasteiger partial charge in [0.25, 0.3) is 0 Å². The van der Waals surface area contributed by atoms with Gasteiger partial charge in [0.2, 0.25) is 5.88 Å². The van der Waals surface area contributed by atoms with Gasteiger partial charge in [-0.05, 0) is 47.4 Å². The molecule has 0 bridgehead atoms. The number of pyridine rings is 1. The summed E-state index contributed by atoms with van der Waals surface area (Å²) in [4.78, 5) is 14.9. The van der Waals surface area contributed by atoms with Crippen LogP contribution in [0.1, 0.15) is 25.0 Å². The van der Waals surface area contributed by atoms with E-state index in [1.165, 1.54) is 12.1 Å². The number of hydrogen-bond donors (Lipinski definition) is 4. The largest absolute Gasteiger partial charge is 0.479 e. The first kappa shape index (κ1) is 27.9. The van der Waals surface area contributed by atoms with Crippen molar-refractivity contribution in [3.05, 3.63) is 78.0 Å². The van der Waals surface area contributed by atoms with Crippen LogP contribution in [0.5, 0.6) is 5.88 Å². The predicted octanol–water partition coefficient (Wildman–Crippen LogP) is 4.82. The van der Waals surface area contributed by atoms with Crippen LogP contribution in [-0.2, 0) is 17.5 Å². The normalized spacial score (nSPS) is 13.3. The summed E-state index contributed by atoms with van der Waals surface area (Å²) in [6.07, 6.45) is -4.25. The van der Waals surface area contributed by atoms with Crippen LogP contribution in [0.3, 0.4) is 0 Å². The van der Waals surface area contributed by atoms with E-state index in [1.807, 2.05) is 24.3 Å². The number of nitrogens with zero attached hydrogens (tertiary/aromatic N) is 1. The molecule has 0 radical (unpaired) electrons. The van der Waals surface area contributed by atoms with Crippen molar-refractivity contribution < 1.29 is 32.9 Å². The summed E-state index contributed by atoms with van der Waals surface area (Å²) in [7, 11) is 0. The molecule has 0 saturated carbocycles. The van der Waals surface area contributed by atoms with Crippen LogP contribution in [0.15, 0.2) is 66.9 Å². The minimum Gasteiger partial charge on any atom is -0.479 e. The molecule has 0 aliphatic carbocycles. The maximum atomic E-state index is 12.8. The first-order valence-corrected chi connectivity index (χ1v) is 11.8. The number of ether oxygens (including phenoxy) is 1. The zero-order chi connectivity index (χ0) is 27.0. The Labute approximate surface area is 213 Å². The van der Waals surface area contributed by atoms with Gasteiger partial charge in [-0.25, -0.2) is 9.78 Å². The van der Waals surface area contributed by atoms with Gasteiger partial charge in [0, 0.05) is 36.6 Å². The van der Waals surface area contributed by atoms with E-state index in [2.05, 4.69) is 29.5 Å². The van der Waals surface area contributed by atoms with E-state index in [1.54, 1.807) is 18.3 Å². The molecule has 37 heavy (non-hydrogen) atoms. The Bertz CT molecular complexity index is 1140. The second-order valence-corrected chi connectivity index (χ2v) is 8.95. The smallest absolute Gasteiger partial charge is 0.416 e. The number of carbonyl (C=O) groups is 1. The molecule has 3 rings (SSSR count). The van der Waals surface area contributed by atoms with E-state index < -0.39 is 23.8 Å². The van der Waals surface area contributed by atoms with Crippen LogP contribution < -0.4 is 15.4 Å². The van der Waals surface area contributed by atoms with E-state index in [4.69, 9.17) is 9.84 Å². The second kappa shape index (κ2) is 12.6. The van der Waals surface area contributed by atoms with Gasteiger partial charge in [0.05, 0.1) is 11.6 Å². The minimum atomic E-state index is -4.37. The number of aliphatic carboxylic acids is 1. The lowest BCUT2D eigenvalue weighted by Gasteiger charge is -2.23. The number of anilines is 1. The topological polar surface area (TPSA) is 104 Å². The quantitative estimate of drug-likeness (QED) is 0.273. The Kier molecular flexibility index (Phi) is 9.48. The number of hydrogen-bond acceptors (Lipinski definition) is 6. The first-order valence-electron chi connectivity index (χ1n) is 11.8. The molecule has 198 valence electrons. The third-order valence-corrected chi connectivity index (χ3v) is 5.76. The fraction of sp³-hybridized carbons (Fsp3) is 0.333. The molecular weight excluding hydrogens is 487 g/mol. The van der Waals surface area contributed by atoms with Crippen LogP contribution in [0.2, 0.25) is 0 Å². The van der Waals surface area contributed by atoms with Gasteiger partial charge in [-0.1, -0.05) is 38.1 Å². The van der Waals surface area contributed by atoms with Crippen LogP contribution in [-0.4, -0.2) is 46.5 Å². The summed E-state index contributed by atoms with van der Waals surface area (Å²) in [6.45, 7) is 4.86. The Morgan fingerprint density at radius 1 is 1.00 bits per heavy atom. The number of aliphatic hydroxyl groups is 1. The van der Waals surface area contributed by atoms with E-state index in [-0.39, 0.29) is 18.5 Å². The van der Waals surface area contributed by atoms with Gasteiger partial charge < -0.3 is 25.6 Å². The molecule has 0 aliphatic heterocycles. The highest BCUT2D eigenvalue weighted by molar-refractivity contribution is 5.72. The third-order valence-electron chi connectivity index (χ3n) is 5.76. The van der Waals surface area contributed by atoms with Crippen molar-refractivity contribution in [2.24, 2.45) is 5.92 Å². The van der Waals surface area contributed by atoms with Gasteiger partial charge in [-0.15, -0.1) is 0 Å². The van der Waals surface area contributed by atoms with Crippen molar-refractivity contribution >= 4 is 11.7 Å². The highest BCUT2D eigenvalue weighted by Crippen LogP contribution is 2.31. The van der Waals surface area contributed by atoms with Gasteiger partial charge in [0.15, 0.2) is 6.10 Å². The minimum absolute atomic E-state index is 0.0221. The zero-order valence-electron chi connectivity index (χ0n) is 20.5. The Hall–Kier alpha value is -3.63. The summed E-state index contributed by atoms with van der Waals surface area (Å²) in [5, 5.41) is 24.4. The van der Waals surface area contributed by atoms with Gasteiger partial charge in [-0.3, -0.25) is 0 Å². The number of aliphatic hydroxyl groups excluding tert-OH is 1. The van der Waals surface area contributed by atoms with Gasteiger partial charge in [-0.2, -0.15) is 13.2 Å². The molecule has 0 aliphatic rings. The number of carboxylic acid groups (broad SMARTS) is 1. The van der Waals surface area contributed by atoms with E-state index in [0.29, 0.717) is 30.2 Å². The van der Waals surface area contributed by atoms with Crippen molar-refractivity contribution in [1.82, 2.24) is 10.3 Å². The van der Waals surface area contributed by atoms with Crippen molar-refractivity contribution in [2.45, 2.75) is 38.7 Å². The molecule has 0 saturated heterocycles. The van der Waals surface area contributed by atoms with Gasteiger partial charge in [0.1, 0.15) is 6.61 Å². The lowest BCUT2D eigenvalue weighted by molar-refractivity contribution is -0.146. The summed E-state index contributed by atoms with van der Waals surface area (Å²) in [5.74, 6) is -0.613. The molecule has 7 nitrogen and oxygen atoms in total. The molecule has 2 atom stereocenters. The number of carboxylic acids is 1. The van der Waals surface area contributed by atoms with E-state index in [9.17, 15) is 23.1 Å². The maximum absolute atomic E-state index is 12.8. The highest BCUT2D eigenvalue weighted by atomic mass is 19.4. The molecular formula is C27H30F3N3O4. The second-order valence-electron chi connectivity index (χ2n) is 8.95. The molecule has 2 aromatic carbocycles. The fourth-order valence-corrected chi connectivity index (χ4v) is 3.44. The number of benzene rings is 2. The summed E-state index contributed by atoms with van der Waals surface area (Å²) in [5.41, 5.74) is 2.45. The monoisotopic (exact) mass is 517 g/mol. The van der Waals surface area contributed by atoms with E-state index in [0.717, 1.165) is 23.4 Å². The van der Waals surface area contributed by atoms with E-state index >= 15 is 0 Å². The molecule has 0 amide bonds. The van der Waals surface area contributed by atoms with Crippen LogP contribution in [0.25, 0.3) is 11.1 Å². The number of aromatic nitrogens is 1. The third kappa shape index (κ3) is 8.47. The fourth-order valence-electron chi connectivity index (χ4n) is 3.44. The molecule has 0 unspecified atom stereocenters. The number of nitrogens with one attached hydrogen (secondary N) is 2. The van der Waals surface area contributed by atoms with Crippen molar-refractivity contribution in [2.75, 3.05) is 18.5 Å². The lowest BCUT2D eigenvalue weighted by atomic mass is 10.0. The van der Waals surface area contributed by atoms with Crippen LogP contribution >= 0.6 is 0 Å². The first-order chi connectivity index (χ1) is 17.5. The van der Waals surface area contributed by atoms with Crippen molar-refractivity contribution in [3.63, 3.8) is 0 Å². The number of alkyl halides is 3. The summed E-state index contributed by atoms with van der Waals surface area (Å²) in [6, 6.07) is 16.0. The standard InChI is InChI=1S/C27H30F3N3O4/c1-17(2)23(33-22-10-3-18(4-11-22)13-31-15-24(34)26(35)36)16-37-25-12-7-20(14-32-25)19-5-8-21(9-6-19)27(28,29)30/h3-12,14,17,23-24,31,33-34H,13,15-16H2,1-2H3,(H,35,36)/t23-,24-/m1/s1. The molecule has 3 aromatic rings. The Morgan fingerprint density at radius 3 is 2.19 bits per heavy atom. The Morgan fingerprint density at radius 2 is 1.65 bits per heavy atom. The van der Waals surface area contributed by atoms with Crippen LogP contribution in [0, 0.1) is 5.92 Å². The van der Waals surface area contributed by atoms with Gasteiger partial charge >= 0.3 is 12.1 Å². The molecule has 1 heterocycles. The molecule has 4 N–H and O–H groups in total. The number of halogens is 3. The predicted molar refractivity (Wildman–Crippen MR) is 134 cm³/mol.